The van der Waals surface area contributed by atoms with Crippen LogP contribution in [0.2, 0.25) is 0 Å². The van der Waals surface area contributed by atoms with E-state index in [2.05, 4.69) is 9.80 Å². The molecule has 3 fully saturated rings. The molecule has 0 bridgehead atoms. The van der Waals surface area contributed by atoms with Gasteiger partial charge in [-0.15, -0.1) is 0 Å². The Morgan fingerprint density at radius 1 is 0.706 bits per heavy atom. The van der Waals surface area contributed by atoms with E-state index >= 15 is 0 Å². The van der Waals surface area contributed by atoms with E-state index in [9.17, 15) is 5.11 Å². The molecule has 0 amide bonds. The molecule has 1 unspecified atom stereocenters. The van der Waals surface area contributed by atoms with Crippen molar-refractivity contribution in [2.75, 3.05) is 26.2 Å². The first-order valence-electron chi connectivity index (χ1n) is 7.49. The second kappa shape index (κ2) is 5.25. The SMILES string of the molecule is OC1CCC(N2CCCN3CCCC3C2)CC1. The van der Waals surface area contributed by atoms with E-state index in [-0.39, 0.29) is 6.10 Å². The highest BCUT2D eigenvalue weighted by molar-refractivity contribution is 4.88. The molecule has 1 N–H and O–H groups in total. The Bertz CT molecular complexity index is 251. The van der Waals surface area contributed by atoms with Crippen LogP contribution in [-0.4, -0.2) is 59.3 Å². The fourth-order valence-corrected chi connectivity index (χ4v) is 3.99. The lowest BCUT2D eigenvalue weighted by molar-refractivity contribution is 0.0704. The molecular formula is C14H26N2O. The second-order valence-electron chi connectivity index (χ2n) is 6.14. The zero-order valence-electron chi connectivity index (χ0n) is 10.9. The molecule has 2 saturated heterocycles. The van der Waals surface area contributed by atoms with E-state index in [0.29, 0.717) is 0 Å². The highest BCUT2D eigenvalue weighted by Crippen LogP contribution is 2.27. The van der Waals surface area contributed by atoms with Crippen molar-refractivity contribution in [3.05, 3.63) is 0 Å². The van der Waals surface area contributed by atoms with Crippen molar-refractivity contribution in [1.82, 2.24) is 9.80 Å². The van der Waals surface area contributed by atoms with Gasteiger partial charge < -0.3 is 5.11 Å². The summed E-state index contributed by atoms with van der Waals surface area (Å²) in [5.74, 6) is 0. The van der Waals surface area contributed by atoms with Crippen LogP contribution in [0.3, 0.4) is 0 Å². The molecule has 3 heteroatoms. The molecule has 2 heterocycles. The first-order valence-corrected chi connectivity index (χ1v) is 7.49. The van der Waals surface area contributed by atoms with Crippen molar-refractivity contribution in [3.63, 3.8) is 0 Å². The summed E-state index contributed by atoms with van der Waals surface area (Å²) in [4.78, 5) is 5.44. The number of aliphatic hydroxyl groups is 1. The maximum atomic E-state index is 9.60. The lowest BCUT2D eigenvalue weighted by atomic mass is 9.91. The Morgan fingerprint density at radius 2 is 1.41 bits per heavy atom. The van der Waals surface area contributed by atoms with Crippen LogP contribution < -0.4 is 0 Å². The fourth-order valence-electron chi connectivity index (χ4n) is 3.99. The molecule has 1 atom stereocenters. The Balaban J connectivity index is 1.59. The average Bonchev–Trinajstić information content (AvgIpc) is 2.68. The van der Waals surface area contributed by atoms with Gasteiger partial charge in [0.05, 0.1) is 6.10 Å². The Morgan fingerprint density at radius 3 is 2.24 bits per heavy atom. The minimum Gasteiger partial charge on any atom is -0.393 e. The normalized spacial score (nSPS) is 41.1. The third kappa shape index (κ3) is 2.67. The second-order valence-corrected chi connectivity index (χ2v) is 6.14. The molecule has 0 aromatic rings. The van der Waals surface area contributed by atoms with Crippen LogP contribution in [0.1, 0.15) is 44.9 Å². The number of rotatable bonds is 1. The van der Waals surface area contributed by atoms with Crippen LogP contribution in [0.5, 0.6) is 0 Å². The maximum Gasteiger partial charge on any atom is 0.0541 e. The van der Waals surface area contributed by atoms with Gasteiger partial charge in [-0.25, -0.2) is 0 Å². The Labute approximate surface area is 105 Å². The third-order valence-corrected chi connectivity index (χ3v) is 5.02. The van der Waals surface area contributed by atoms with E-state index in [1.54, 1.807) is 0 Å². The summed E-state index contributed by atoms with van der Waals surface area (Å²) < 4.78 is 0. The third-order valence-electron chi connectivity index (χ3n) is 5.02. The predicted molar refractivity (Wildman–Crippen MR) is 69.0 cm³/mol. The van der Waals surface area contributed by atoms with E-state index in [4.69, 9.17) is 0 Å². The van der Waals surface area contributed by atoms with Gasteiger partial charge in [-0.3, -0.25) is 9.80 Å². The number of hydrogen-bond donors (Lipinski definition) is 1. The van der Waals surface area contributed by atoms with Crippen LogP contribution in [0.15, 0.2) is 0 Å². The monoisotopic (exact) mass is 238 g/mol. The maximum absolute atomic E-state index is 9.60. The van der Waals surface area contributed by atoms with Crippen LogP contribution in [0.25, 0.3) is 0 Å². The molecular weight excluding hydrogens is 212 g/mol. The van der Waals surface area contributed by atoms with Crippen LogP contribution in [0.4, 0.5) is 0 Å². The molecule has 1 aliphatic carbocycles. The number of aliphatic hydroxyl groups excluding tert-OH is 1. The van der Waals surface area contributed by atoms with E-state index < -0.39 is 0 Å². The molecule has 1 saturated carbocycles. The highest BCUT2D eigenvalue weighted by Gasteiger charge is 2.32. The van der Waals surface area contributed by atoms with Gasteiger partial charge >= 0.3 is 0 Å². The van der Waals surface area contributed by atoms with Gasteiger partial charge in [0.25, 0.3) is 0 Å². The zero-order valence-corrected chi connectivity index (χ0v) is 10.9. The number of hydrogen-bond acceptors (Lipinski definition) is 3. The van der Waals surface area contributed by atoms with E-state index in [1.165, 1.54) is 58.3 Å². The molecule has 0 radical (unpaired) electrons. The molecule has 3 nitrogen and oxygen atoms in total. The minimum atomic E-state index is -0.0128. The van der Waals surface area contributed by atoms with E-state index in [1.807, 2.05) is 0 Å². The average molecular weight is 238 g/mol. The van der Waals surface area contributed by atoms with Crippen molar-refractivity contribution in [2.45, 2.75) is 63.1 Å². The lowest BCUT2D eigenvalue weighted by Gasteiger charge is -2.36. The smallest absolute Gasteiger partial charge is 0.0541 e. The molecule has 0 spiro atoms. The van der Waals surface area contributed by atoms with Crippen molar-refractivity contribution < 1.29 is 5.11 Å². The zero-order chi connectivity index (χ0) is 11.7. The van der Waals surface area contributed by atoms with Gasteiger partial charge in [0.2, 0.25) is 0 Å². The number of fused-ring (bicyclic) bond motifs is 1. The summed E-state index contributed by atoms with van der Waals surface area (Å²) in [5.41, 5.74) is 0. The summed E-state index contributed by atoms with van der Waals surface area (Å²) in [5, 5.41) is 9.60. The topological polar surface area (TPSA) is 26.7 Å². The van der Waals surface area contributed by atoms with Gasteiger partial charge in [-0.1, -0.05) is 0 Å². The van der Waals surface area contributed by atoms with Crippen molar-refractivity contribution in [3.8, 4) is 0 Å². The molecule has 3 rings (SSSR count). The molecule has 0 aromatic heterocycles. The summed E-state index contributed by atoms with van der Waals surface area (Å²) in [6, 6.07) is 1.60. The van der Waals surface area contributed by atoms with E-state index in [0.717, 1.165) is 24.9 Å². The van der Waals surface area contributed by atoms with Gasteiger partial charge in [-0.2, -0.15) is 0 Å². The summed E-state index contributed by atoms with van der Waals surface area (Å²) in [7, 11) is 0. The molecule has 17 heavy (non-hydrogen) atoms. The predicted octanol–water partition coefficient (Wildman–Crippen LogP) is 1.46. The quantitative estimate of drug-likeness (QED) is 0.749. The molecule has 3 aliphatic rings. The van der Waals surface area contributed by atoms with Crippen molar-refractivity contribution in [1.29, 1.82) is 0 Å². The number of nitrogens with zero attached hydrogens (tertiary/aromatic N) is 2. The summed E-state index contributed by atoms with van der Waals surface area (Å²) >= 11 is 0. The van der Waals surface area contributed by atoms with Gasteiger partial charge in [-0.05, 0) is 64.6 Å². The largest absolute Gasteiger partial charge is 0.393 e. The summed E-state index contributed by atoms with van der Waals surface area (Å²) in [6.07, 6.45) is 8.62. The van der Waals surface area contributed by atoms with Gasteiger partial charge in [0.15, 0.2) is 0 Å². The van der Waals surface area contributed by atoms with Crippen LogP contribution in [0, 0.1) is 0 Å². The Hall–Kier alpha value is -0.120. The van der Waals surface area contributed by atoms with Gasteiger partial charge in [0.1, 0.15) is 0 Å². The molecule has 2 aliphatic heterocycles. The van der Waals surface area contributed by atoms with Crippen molar-refractivity contribution in [2.24, 2.45) is 0 Å². The molecule has 0 aromatic carbocycles. The lowest BCUT2D eigenvalue weighted by Crippen LogP contribution is -2.43. The van der Waals surface area contributed by atoms with Crippen molar-refractivity contribution >= 4 is 0 Å². The van der Waals surface area contributed by atoms with Crippen LogP contribution >= 0.6 is 0 Å². The standard InChI is InChI=1S/C14H26N2O/c17-14-6-4-12(5-7-14)16-10-2-9-15-8-1-3-13(15)11-16/h12-14,17H,1-11H2. The minimum absolute atomic E-state index is 0.0128. The van der Waals surface area contributed by atoms with Gasteiger partial charge in [0, 0.05) is 18.6 Å². The first-order chi connectivity index (χ1) is 8.33. The molecule has 98 valence electrons. The first kappa shape index (κ1) is 11.9. The highest BCUT2D eigenvalue weighted by atomic mass is 16.3. The Kier molecular flexibility index (Phi) is 3.69. The summed E-state index contributed by atoms with van der Waals surface area (Å²) in [6.45, 7) is 5.23. The van der Waals surface area contributed by atoms with Crippen LogP contribution in [-0.2, 0) is 0 Å². The fraction of sp³-hybridized carbons (Fsp3) is 1.00.